The molecule has 8 rings (SSSR count). The predicted octanol–water partition coefficient (Wildman–Crippen LogP) is 26.5. The van der Waals surface area contributed by atoms with E-state index in [0.717, 1.165) is 97.4 Å². The van der Waals surface area contributed by atoms with Crippen LogP contribution in [0.15, 0.2) is 0 Å². The van der Waals surface area contributed by atoms with Gasteiger partial charge in [-0.05, 0) is 366 Å². The van der Waals surface area contributed by atoms with Crippen LogP contribution < -0.4 is 0 Å². The maximum Gasteiger partial charge on any atom is 0.0602 e. The van der Waals surface area contributed by atoms with Crippen molar-refractivity contribution >= 4 is 0 Å². The Kier molecular flexibility index (Phi) is 44.0. The van der Waals surface area contributed by atoms with Gasteiger partial charge in [0.25, 0.3) is 0 Å². The standard InChI is InChI=1S/C13H26O.2C12H24O.2C11H22O.2C10H20O.C9H18O/c1-5-11-6-8-12(9-7-11)10-14-13(2,3)4;1-10-5-7-11(8-6-10)9-13-12(2,3)4;1-5-10-6-8-11(9-7-10)13-12(2,3)4;1-9-5-7-10(8-6-9)12-11(2,3)4;1-5-9-6-10(7-9)8-12-11(2,3)4;1-8-5-9(6-8)7-11-10(2,3)4;1-5-8-6-9(7-8)11-10(2,3)4;1-7-5-8(6-7)10-9(2,3)4/h11-12H,5-10H2,1-4H3;2*10-11H,5-9H2,1-4H3;2*9-10H,5-8H2,1-4H3;2*8-9H,5-7H2,1-4H3;7-8H,5-6H2,1-4H3. The van der Waals surface area contributed by atoms with Crippen molar-refractivity contribution in [3.8, 4) is 0 Å². The fraction of sp³-hybridized carbons (Fsp3) is 1.00. The van der Waals surface area contributed by atoms with Crippen LogP contribution in [-0.2, 0) is 37.9 Å². The highest BCUT2D eigenvalue weighted by Gasteiger charge is 2.34. The molecule has 0 aromatic carbocycles. The fourth-order valence-corrected chi connectivity index (χ4v) is 14.4. The number of hydrogen-bond acceptors (Lipinski definition) is 8. The molecule has 96 heavy (non-hydrogen) atoms. The van der Waals surface area contributed by atoms with Crippen LogP contribution in [0.3, 0.4) is 0 Å². The molecule has 0 radical (unpaired) electrons. The van der Waals surface area contributed by atoms with Crippen molar-refractivity contribution in [1.29, 1.82) is 0 Å². The quantitative estimate of drug-likeness (QED) is 0.151. The van der Waals surface area contributed by atoms with Crippen molar-refractivity contribution in [3.63, 3.8) is 0 Å². The summed E-state index contributed by atoms with van der Waals surface area (Å²) in [5.74, 6) is 11.0. The Morgan fingerprint density at radius 2 is 0.417 bits per heavy atom. The summed E-state index contributed by atoms with van der Waals surface area (Å²) in [7, 11) is 0. The lowest BCUT2D eigenvalue weighted by Crippen LogP contribution is -2.37. The zero-order valence-corrected chi connectivity index (χ0v) is 71.1. The van der Waals surface area contributed by atoms with Crippen molar-refractivity contribution in [3.05, 3.63) is 0 Å². The van der Waals surface area contributed by atoms with E-state index in [-0.39, 0.29) is 44.8 Å². The lowest BCUT2D eigenvalue weighted by molar-refractivity contribution is -0.112. The Labute approximate surface area is 602 Å². The third kappa shape index (κ3) is 52.6. The van der Waals surface area contributed by atoms with E-state index in [0.29, 0.717) is 24.4 Å². The summed E-state index contributed by atoms with van der Waals surface area (Å²) >= 11 is 0. The van der Waals surface area contributed by atoms with Crippen LogP contribution in [0, 0.1) is 71.0 Å². The average molecular weight is 1360 g/mol. The van der Waals surface area contributed by atoms with Gasteiger partial charge in [0.2, 0.25) is 0 Å². The first-order chi connectivity index (χ1) is 43.9. The minimum absolute atomic E-state index is 0.0433. The van der Waals surface area contributed by atoms with Crippen molar-refractivity contribution in [1.82, 2.24) is 0 Å². The zero-order chi connectivity index (χ0) is 73.5. The summed E-state index contributed by atoms with van der Waals surface area (Å²) < 4.78 is 46.5. The molecule has 0 aromatic rings. The van der Waals surface area contributed by atoms with E-state index in [1.807, 2.05) is 0 Å². The molecule has 0 atom stereocenters. The number of rotatable bonds is 16. The van der Waals surface area contributed by atoms with Crippen LogP contribution in [0.25, 0.3) is 0 Å². The summed E-state index contributed by atoms with van der Waals surface area (Å²) in [6.45, 7) is 73.6. The third-order valence-corrected chi connectivity index (χ3v) is 20.6. The smallest absolute Gasteiger partial charge is 0.0602 e. The number of hydrogen-bond donors (Lipinski definition) is 0. The molecule has 0 amide bonds. The van der Waals surface area contributed by atoms with Gasteiger partial charge in [0.05, 0.1) is 95.7 Å². The molecule has 0 aliphatic heterocycles. The molecule has 0 unspecified atom stereocenters. The molecule has 8 aliphatic rings. The molecule has 0 N–H and O–H groups in total. The van der Waals surface area contributed by atoms with E-state index in [9.17, 15) is 0 Å². The van der Waals surface area contributed by atoms with Gasteiger partial charge in [-0.15, -0.1) is 0 Å². The van der Waals surface area contributed by atoms with Crippen molar-refractivity contribution in [2.45, 2.75) is 471 Å². The van der Waals surface area contributed by atoms with Gasteiger partial charge in [-0.25, -0.2) is 0 Å². The van der Waals surface area contributed by atoms with Crippen LogP contribution in [0.2, 0.25) is 0 Å². The minimum atomic E-state index is 0.0433. The van der Waals surface area contributed by atoms with Crippen LogP contribution in [-0.4, -0.2) is 95.7 Å². The van der Waals surface area contributed by atoms with Crippen LogP contribution in [0.1, 0.15) is 401 Å². The summed E-state index contributed by atoms with van der Waals surface area (Å²) in [5, 5.41) is 0. The van der Waals surface area contributed by atoms with Gasteiger partial charge < -0.3 is 37.9 Å². The third-order valence-electron chi connectivity index (χ3n) is 20.6. The summed E-state index contributed by atoms with van der Waals surface area (Å²) in [4.78, 5) is 0. The SMILES string of the molecule is CC1CC(COC(C)(C)C)C1.CC1CC(OC(C)(C)C)C1.CC1CCC(COC(C)(C)C)CC1.CC1CCC(OC(C)(C)C)CC1.CCC1CC(COC(C)(C)C)C1.CCC1CC(OC(C)(C)C)C1.CCC1CCC(COC(C)(C)C)CC1.CCC1CCC(OC(C)(C)C)CC1. The number of ether oxygens (including phenoxy) is 8. The van der Waals surface area contributed by atoms with E-state index >= 15 is 0 Å². The second-order valence-corrected chi connectivity index (χ2v) is 40.6. The van der Waals surface area contributed by atoms with Crippen molar-refractivity contribution in [2.75, 3.05) is 26.4 Å². The first-order valence-corrected chi connectivity index (χ1v) is 41.2. The van der Waals surface area contributed by atoms with Crippen molar-refractivity contribution < 1.29 is 37.9 Å². The molecule has 576 valence electrons. The molecule has 8 heteroatoms. The van der Waals surface area contributed by atoms with E-state index in [1.165, 1.54) is 180 Å². The van der Waals surface area contributed by atoms with Crippen LogP contribution in [0.4, 0.5) is 0 Å². The maximum absolute atomic E-state index is 5.97. The van der Waals surface area contributed by atoms with E-state index in [1.54, 1.807) is 0 Å². The molecule has 0 spiro atoms. The largest absolute Gasteiger partial charge is 0.376 e. The maximum atomic E-state index is 5.97. The second kappa shape index (κ2) is 45.1. The first kappa shape index (κ1) is 93.7. The van der Waals surface area contributed by atoms with Crippen LogP contribution in [0.5, 0.6) is 0 Å². The highest BCUT2D eigenvalue weighted by Crippen LogP contribution is 2.39. The van der Waals surface area contributed by atoms with Gasteiger partial charge in [0, 0.05) is 0 Å². The zero-order valence-electron chi connectivity index (χ0n) is 71.1. The molecule has 8 saturated carbocycles. The molecule has 0 saturated heterocycles. The molecular weight excluding hydrogens is 1180 g/mol. The Balaban J connectivity index is 0.000000550. The summed E-state index contributed by atoms with van der Waals surface area (Å²) in [6, 6.07) is 0. The topological polar surface area (TPSA) is 73.8 Å². The van der Waals surface area contributed by atoms with Gasteiger partial charge in [-0.1, -0.05) is 107 Å². The molecular formula is C88H176O8. The Bertz CT molecular complexity index is 1830. The average Bonchev–Trinajstić information content (AvgIpc) is 0.914. The molecule has 8 nitrogen and oxygen atoms in total. The lowest BCUT2D eigenvalue weighted by Gasteiger charge is -2.38. The van der Waals surface area contributed by atoms with Gasteiger partial charge in [0.1, 0.15) is 0 Å². The Morgan fingerprint density at radius 1 is 0.198 bits per heavy atom. The molecule has 8 fully saturated rings. The first-order valence-electron chi connectivity index (χ1n) is 41.2. The Morgan fingerprint density at radius 3 is 0.698 bits per heavy atom. The van der Waals surface area contributed by atoms with E-state index in [4.69, 9.17) is 37.9 Å². The predicted molar refractivity (Wildman–Crippen MR) is 418 cm³/mol. The second-order valence-electron chi connectivity index (χ2n) is 40.6. The summed E-state index contributed by atoms with van der Waals surface area (Å²) in [5.41, 5.74) is 0.407. The van der Waals surface area contributed by atoms with E-state index in [2.05, 4.69) is 222 Å². The highest BCUT2D eigenvalue weighted by molar-refractivity contribution is 4.84. The van der Waals surface area contributed by atoms with Gasteiger partial charge in [0.15, 0.2) is 0 Å². The van der Waals surface area contributed by atoms with Gasteiger partial charge in [-0.3, -0.25) is 0 Å². The molecule has 0 aromatic heterocycles. The fourth-order valence-electron chi connectivity index (χ4n) is 14.4. The monoisotopic (exact) mass is 1360 g/mol. The van der Waals surface area contributed by atoms with Gasteiger partial charge in [-0.2, -0.15) is 0 Å². The Hall–Kier alpha value is -0.320. The lowest BCUT2D eigenvalue weighted by atomic mass is 9.74. The highest BCUT2D eigenvalue weighted by atomic mass is 16.5. The molecule has 8 aliphatic carbocycles. The molecule has 0 heterocycles. The van der Waals surface area contributed by atoms with Gasteiger partial charge >= 0.3 is 0 Å². The molecule has 0 bridgehead atoms. The van der Waals surface area contributed by atoms with Crippen LogP contribution >= 0.6 is 0 Å². The van der Waals surface area contributed by atoms with E-state index < -0.39 is 0 Å². The minimum Gasteiger partial charge on any atom is -0.376 e. The normalized spacial score (nSPS) is 31.0. The summed E-state index contributed by atoms with van der Waals surface area (Å²) in [6.07, 6.45) is 39.9. The van der Waals surface area contributed by atoms with Crippen molar-refractivity contribution in [2.24, 2.45) is 71.0 Å².